The van der Waals surface area contributed by atoms with E-state index in [-0.39, 0.29) is 24.6 Å². The van der Waals surface area contributed by atoms with Crippen molar-refractivity contribution in [3.63, 3.8) is 0 Å². The molecule has 2 unspecified atom stereocenters. The molecule has 2 aliphatic heterocycles. The third kappa shape index (κ3) is 5.28. The highest BCUT2D eigenvalue weighted by atomic mass is 35.5. The summed E-state index contributed by atoms with van der Waals surface area (Å²) in [5.74, 6) is -0.440. The molecule has 0 radical (unpaired) electrons. The van der Waals surface area contributed by atoms with Gasteiger partial charge < -0.3 is 15.0 Å². The molecule has 1 N–H and O–H groups in total. The number of thiophene rings is 1. The summed E-state index contributed by atoms with van der Waals surface area (Å²) in [5, 5.41) is 5.32. The number of likely N-dealkylation sites (N-methyl/N-ethyl adjacent to an activating group) is 1. The number of amides is 3. The molecule has 3 amide bonds. The van der Waals surface area contributed by atoms with Crippen molar-refractivity contribution >= 4 is 40.8 Å². The topological polar surface area (TPSA) is 82.2 Å². The lowest BCUT2D eigenvalue weighted by Crippen LogP contribution is -2.56. The van der Waals surface area contributed by atoms with Gasteiger partial charge in [-0.25, -0.2) is 9.59 Å². The smallest absolute Gasteiger partial charge is 0.338 e. The molecule has 1 fully saturated rings. The lowest BCUT2D eigenvalue weighted by Gasteiger charge is -2.42. The van der Waals surface area contributed by atoms with Crippen LogP contribution in [-0.4, -0.2) is 78.0 Å². The second-order valence-electron chi connectivity index (χ2n) is 8.79. The number of rotatable bonds is 7. The molecule has 2 atom stereocenters. The summed E-state index contributed by atoms with van der Waals surface area (Å²) >= 11 is 7.92. The molecule has 8 nitrogen and oxygen atoms in total. The second kappa shape index (κ2) is 11.5. The van der Waals surface area contributed by atoms with Crippen molar-refractivity contribution in [1.82, 2.24) is 20.0 Å². The van der Waals surface area contributed by atoms with Gasteiger partial charge in [-0.05, 0) is 43.8 Å². The zero-order chi connectivity index (χ0) is 25.8. The van der Waals surface area contributed by atoms with Crippen LogP contribution < -0.4 is 5.32 Å². The van der Waals surface area contributed by atoms with Crippen LogP contribution in [0.3, 0.4) is 0 Å². The summed E-state index contributed by atoms with van der Waals surface area (Å²) in [5.41, 5.74) is 1.63. The van der Waals surface area contributed by atoms with E-state index >= 15 is 0 Å². The minimum Gasteiger partial charge on any atom is -0.463 e. The van der Waals surface area contributed by atoms with Crippen LogP contribution in [0.5, 0.6) is 0 Å². The second-order valence-corrected chi connectivity index (χ2v) is 10.1. The summed E-state index contributed by atoms with van der Waals surface area (Å²) in [6.07, 6.45) is 0. The van der Waals surface area contributed by atoms with Crippen LogP contribution in [0, 0.1) is 0 Å². The number of halogens is 1. The Morgan fingerprint density at radius 3 is 2.58 bits per heavy atom. The number of piperazine rings is 1. The highest BCUT2D eigenvalue weighted by Crippen LogP contribution is 2.35. The van der Waals surface area contributed by atoms with Gasteiger partial charge in [-0.1, -0.05) is 35.9 Å². The Kier molecular flexibility index (Phi) is 8.33. The van der Waals surface area contributed by atoms with Crippen molar-refractivity contribution < 1.29 is 19.1 Å². The lowest BCUT2D eigenvalue weighted by molar-refractivity contribution is -0.139. The Morgan fingerprint density at radius 1 is 1.17 bits per heavy atom. The van der Waals surface area contributed by atoms with E-state index in [1.807, 2.05) is 54.5 Å². The normalized spacial score (nSPS) is 20.9. The molecule has 1 saturated heterocycles. The Labute approximate surface area is 220 Å². The monoisotopic (exact) mass is 530 g/mol. The van der Waals surface area contributed by atoms with Crippen LogP contribution in [0.1, 0.15) is 42.0 Å². The quantitative estimate of drug-likeness (QED) is 0.544. The number of nitrogens with zero attached hydrogens (tertiary/aromatic N) is 3. The van der Waals surface area contributed by atoms with Crippen LogP contribution in [0.2, 0.25) is 5.02 Å². The number of urea groups is 1. The Morgan fingerprint density at radius 2 is 1.94 bits per heavy atom. The first-order valence-corrected chi connectivity index (χ1v) is 13.4. The van der Waals surface area contributed by atoms with Crippen molar-refractivity contribution in [2.45, 2.75) is 32.9 Å². The van der Waals surface area contributed by atoms with Crippen molar-refractivity contribution in [1.29, 1.82) is 0 Å². The summed E-state index contributed by atoms with van der Waals surface area (Å²) in [6, 6.07) is 9.88. The third-order valence-electron chi connectivity index (χ3n) is 6.54. The summed E-state index contributed by atoms with van der Waals surface area (Å²) in [6.45, 7) is 8.44. The van der Waals surface area contributed by atoms with Crippen LogP contribution in [-0.2, 0) is 9.53 Å². The molecule has 4 rings (SSSR count). The maximum Gasteiger partial charge on any atom is 0.338 e. The maximum atomic E-state index is 13.3. The molecule has 1 aromatic heterocycles. The molecule has 0 aliphatic carbocycles. The number of hydrogen-bond acceptors (Lipinski definition) is 6. The van der Waals surface area contributed by atoms with Gasteiger partial charge in [-0.2, -0.15) is 0 Å². The van der Waals surface area contributed by atoms with E-state index in [1.54, 1.807) is 17.9 Å². The van der Waals surface area contributed by atoms with Gasteiger partial charge in [0.2, 0.25) is 0 Å². The molecule has 2 aliphatic rings. The van der Waals surface area contributed by atoms with E-state index in [0.717, 1.165) is 4.88 Å². The van der Waals surface area contributed by atoms with E-state index in [2.05, 4.69) is 10.2 Å². The first kappa shape index (κ1) is 26.2. The molecule has 192 valence electrons. The molecule has 2 aromatic rings. The van der Waals surface area contributed by atoms with Gasteiger partial charge in [0.05, 0.1) is 23.1 Å². The number of carbonyl (C=O) groups excluding carboxylic acids is 3. The number of nitrogens with one attached hydrogen (secondary N) is 1. The van der Waals surface area contributed by atoms with E-state index in [4.69, 9.17) is 16.3 Å². The van der Waals surface area contributed by atoms with Gasteiger partial charge in [-0.15, -0.1) is 11.3 Å². The summed E-state index contributed by atoms with van der Waals surface area (Å²) in [7, 11) is 0. The number of ether oxygens (including phenoxy) is 1. The molecular weight excluding hydrogens is 500 g/mol. The average Bonchev–Trinajstić information content (AvgIpc) is 3.39. The van der Waals surface area contributed by atoms with Gasteiger partial charge in [0.15, 0.2) is 0 Å². The summed E-state index contributed by atoms with van der Waals surface area (Å²) < 4.78 is 5.44. The molecule has 36 heavy (non-hydrogen) atoms. The van der Waals surface area contributed by atoms with Gasteiger partial charge in [-0.3, -0.25) is 14.6 Å². The van der Waals surface area contributed by atoms with Gasteiger partial charge >= 0.3 is 12.0 Å². The van der Waals surface area contributed by atoms with Gasteiger partial charge in [0, 0.05) is 49.5 Å². The molecule has 0 saturated carbocycles. The number of carbonyl (C=O) groups is 3. The standard InChI is InChI=1S/C26H31ClN4O4S/c1-4-30-20(16-29-12-13-31(17(3)15-29)24(32)21-11-8-14-36-21)22(25(33)35-5-2)23(28-26(30)34)18-9-6-7-10-19(18)27/h6-11,14,17,23H,4-5,12-13,15-16H2,1-3H3,(H,28,34). The fourth-order valence-corrected chi connectivity index (χ4v) is 5.76. The molecule has 1 aromatic carbocycles. The van der Waals surface area contributed by atoms with Crippen molar-refractivity contribution in [2.24, 2.45) is 0 Å². The predicted molar refractivity (Wildman–Crippen MR) is 140 cm³/mol. The molecular formula is C26H31ClN4O4S. The van der Waals surface area contributed by atoms with Gasteiger partial charge in [0.1, 0.15) is 0 Å². The molecule has 3 heterocycles. The first-order valence-electron chi connectivity index (χ1n) is 12.1. The van der Waals surface area contributed by atoms with Crippen LogP contribution >= 0.6 is 22.9 Å². The van der Waals surface area contributed by atoms with Crippen LogP contribution in [0.4, 0.5) is 4.79 Å². The van der Waals surface area contributed by atoms with Gasteiger partial charge in [0.25, 0.3) is 5.91 Å². The number of esters is 1. The van der Waals surface area contributed by atoms with Crippen LogP contribution in [0.25, 0.3) is 0 Å². The lowest BCUT2D eigenvalue weighted by atomic mass is 9.94. The zero-order valence-electron chi connectivity index (χ0n) is 20.7. The summed E-state index contributed by atoms with van der Waals surface area (Å²) in [4.78, 5) is 45.7. The van der Waals surface area contributed by atoms with Crippen LogP contribution in [0.15, 0.2) is 53.0 Å². The SMILES string of the molecule is CCOC(=O)C1=C(CN2CCN(C(=O)c3cccs3)C(C)C2)N(CC)C(=O)NC1c1ccccc1Cl. The number of hydrogen-bond donors (Lipinski definition) is 1. The van der Waals surface area contributed by atoms with E-state index in [1.165, 1.54) is 11.3 Å². The molecule has 0 spiro atoms. The largest absolute Gasteiger partial charge is 0.463 e. The Bertz CT molecular complexity index is 1150. The number of benzene rings is 1. The first-order chi connectivity index (χ1) is 17.3. The fourth-order valence-electron chi connectivity index (χ4n) is 4.83. The Hall–Kier alpha value is -2.88. The van der Waals surface area contributed by atoms with Crippen molar-refractivity contribution in [3.05, 3.63) is 68.5 Å². The predicted octanol–water partition coefficient (Wildman–Crippen LogP) is 4.15. The third-order valence-corrected chi connectivity index (χ3v) is 7.75. The highest BCUT2D eigenvalue weighted by molar-refractivity contribution is 7.12. The maximum absolute atomic E-state index is 13.3. The highest BCUT2D eigenvalue weighted by Gasteiger charge is 2.40. The zero-order valence-corrected chi connectivity index (χ0v) is 22.3. The van der Waals surface area contributed by atoms with E-state index < -0.39 is 12.0 Å². The Balaban J connectivity index is 1.65. The molecule has 10 heteroatoms. The van der Waals surface area contributed by atoms with E-state index in [0.29, 0.717) is 54.6 Å². The van der Waals surface area contributed by atoms with E-state index in [9.17, 15) is 14.4 Å². The van der Waals surface area contributed by atoms with Crippen molar-refractivity contribution in [2.75, 3.05) is 39.3 Å². The van der Waals surface area contributed by atoms with Crippen molar-refractivity contribution in [3.8, 4) is 0 Å². The minimum absolute atomic E-state index is 0.0214. The average molecular weight is 531 g/mol. The minimum atomic E-state index is -0.720. The molecule has 0 bridgehead atoms. The fraction of sp³-hybridized carbons (Fsp3) is 0.423.